The molecule has 1 unspecified atom stereocenters. The summed E-state index contributed by atoms with van der Waals surface area (Å²) in [6.07, 6.45) is 2.62. The molecule has 2 aromatic rings. The average Bonchev–Trinajstić information content (AvgIpc) is 2.70. The quantitative estimate of drug-likeness (QED) is 0.757. The average molecular weight is 291 g/mol. The maximum absolute atomic E-state index is 11.9. The summed E-state index contributed by atoms with van der Waals surface area (Å²) in [5, 5.41) is 1.07. The van der Waals surface area contributed by atoms with E-state index in [4.69, 9.17) is 0 Å². The number of carbonyl (C=O) groups excluding carboxylic acids is 1. The van der Waals surface area contributed by atoms with E-state index in [1.807, 2.05) is 30.3 Å². The van der Waals surface area contributed by atoms with Crippen LogP contribution in [0.4, 0.5) is 5.69 Å². The van der Waals surface area contributed by atoms with E-state index in [1.165, 1.54) is 0 Å². The Hall–Kier alpha value is -1.42. The summed E-state index contributed by atoms with van der Waals surface area (Å²) in [5.41, 5.74) is 1.84. The van der Waals surface area contributed by atoms with Gasteiger partial charge in [-0.15, -0.1) is 0 Å². The fourth-order valence-corrected chi connectivity index (χ4v) is 2.56. The second-order valence-corrected chi connectivity index (χ2v) is 5.24. The molecule has 0 spiro atoms. The molecular weight excluding hydrogens is 280 g/mol. The van der Waals surface area contributed by atoms with Gasteiger partial charge in [0.05, 0.1) is 22.2 Å². The highest BCUT2D eigenvalue weighted by molar-refractivity contribution is 9.10. The van der Waals surface area contributed by atoms with Crippen LogP contribution in [-0.4, -0.2) is 22.3 Å². The molecule has 17 heavy (non-hydrogen) atoms. The van der Waals surface area contributed by atoms with Crippen molar-refractivity contribution < 1.29 is 4.79 Å². The Morgan fingerprint density at radius 1 is 1.35 bits per heavy atom. The zero-order valence-corrected chi connectivity index (χ0v) is 10.7. The normalized spacial score (nSPS) is 20.2. The first-order chi connectivity index (χ1) is 8.25. The number of carbonyl (C=O) groups is 1. The lowest BCUT2D eigenvalue weighted by atomic mass is 10.2. The molecule has 0 saturated carbocycles. The monoisotopic (exact) mass is 290 g/mol. The maximum atomic E-state index is 11.9. The lowest BCUT2D eigenvalue weighted by Crippen LogP contribution is -2.27. The molecule has 1 fully saturated rings. The van der Waals surface area contributed by atoms with Gasteiger partial charge in [0.15, 0.2) is 0 Å². The topological polar surface area (TPSA) is 33.2 Å². The Balaban J connectivity index is 2.04. The van der Waals surface area contributed by atoms with Crippen LogP contribution in [0, 0.1) is 0 Å². The third-order valence-corrected chi connectivity index (χ3v) is 3.88. The maximum Gasteiger partial charge on any atom is 0.240 e. The number of halogens is 1. The third kappa shape index (κ3) is 1.82. The molecule has 1 aliphatic heterocycles. The van der Waals surface area contributed by atoms with Crippen molar-refractivity contribution in [1.29, 1.82) is 0 Å². The zero-order valence-electron chi connectivity index (χ0n) is 9.14. The Morgan fingerprint density at radius 2 is 2.18 bits per heavy atom. The van der Waals surface area contributed by atoms with Gasteiger partial charge < -0.3 is 4.90 Å². The van der Waals surface area contributed by atoms with Crippen molar-refractivity contribution in [3.8, 4) is 0 Å². The highest BCUT2D eigenvalue weighted by atomic mass is 79.9. The summed E-state index contributed by atoms with van der Waals surface area (Å²) in [7, 11) is 0. The lowest BCUT2D eigenvalue weighted by molar-refractivity contribution is -0.116. The number of aromatic nitrogens is 1. The van der Waals surface area contributed by atoms with Crippen LogP contribution in [0.25, 0.3) is 10.9 Å². The second-order valence-electron chi connectivity index (χ2n) is 4.13. The van der Waals surface area contributed by atoms with Gasteiger partial charge in [-0.2, -0.15) is 0 Å². The number of hydrogen-bond acceptors (Lipinski definition) is 2. The highest BCUT2D eigenvalue weighted by Crippen LogP contribution is 2.26. The molecule has 1 aromatic heterocycles. The van der Waals surface area contributed by atoms with Crippen LogP contribution in [0.15, 0.2) is 36.5 Å². The molecule has 3 rings (SSSR count). The van der Waals surface area contributed by atoms with Crippen molar-refractivity contribution in [3.05, 3.63) is 36.5 Å². The fraction of sp³-hybridized carbons (Fsp3) is 0.231. The van der Waals surface area contributed by atoms with Gasteiger partial charge in [-0.05, 0) is 18.6 Å². The third-order valence-electron chi connectivity index (χ3n) is 3.03. The van der Waals surface area contributed by atoms with Crippen LogP contribution in [-0.2, 0) is 4.79 Å². The first kappa shape index (κ1) is 10.7. The molecule has 0 bridgehead atoms. The lowest BCUT2D eigenvalue weighted by Gasteiger charge is -2.15. The minimum absolute atomic E-state index is 0.0472. The Bertz CT molecular complexity index is 584. The number of amides is 1. The largest absolute Gasteiger partial charge is 0.310 e. The summed E-state index contributed by atoms with van der Waals surface area (Å²) in [6, 6.07) is 9.94. The van der Waals surface area contributed by atoms with Gasteiger partial charge in [-0.3, -0.25) is 9.78 Å². The van der Waals surface area contributed by atoms with E-state index in [0.29, 0.717) is 0 Å². The smallest absolute Gasteiger partial charge is 0.240 e. The van der Waals surface area contributed by atoms with Crippen LogP contribution in [0.1, 0.15) is 6.42 Å². The Labute approximate surface area is 108 Å². The van der Waals surface area contributed by atoms with Crippen LogP contribution in [0.5, 0.6) is 0 Å². The minimum atomic E-state index is -0.0472. The Kier molecular flexibility index (Phi) is 2.59. The molecule has 1 aliphatic rings. The zero-order chi connectivity index (χ0) is 11.8. The van der Waals surface area contributed by atoms with Crippen molar-refractivity contribution in [1.82, 2.24) is 4.98 Å². The number of anilines is 1. The van der Waals surface area contributed by atoms with Gasteiger partial charge >= 0.3 is 0 Å². The van der Waals surface area contributed by atoms with Crippen LogP contribution in [0.3, 0.4) is 0 Å². The van der Waals surface area contributed by atoms with E-state index in [2.05, 4.69) is 20.9 Å². The van der Waals surface area contributed by atoms with E-state index < -0.39 is 0 Å². The number of fused-ring (bicyclic) bond motifs is 1. The van der Waals surface area contributed by atoms with Crippen molar-refractivity contribution in [2.75, 3.05) is 11.4 Å². The highest BCUT2D eigenvalue weighted by Gasteiger charge is 2.30. The predicted molar refractivity (Wildman–Crippen MR) is 71.4 cm³/mol. The van der Waals surface area contributed by atoms with E-state index >= 15 is 0 Å². The number of para-hydroxylation sites is 1. The second kappa shape index (κ2) is 4.11. The summed E-state index contributed by atoms with van der Waals surface area (Å²) in [4.78, 5) is 18.0. The van der Waals surface area contributed by atoms with Gasteiger partial charge in [0.2, 0.25) is 5.91 Å². The van der Waals surface area contributed by atoms with Crippen molar-refractivity contribution in [2.24, 2.45) is 0 Å². The molecule has 1 atom stereocenters. The van der Waals surface area contributed by atoms with Crippen molar-refractivity contribution >= 4 is 38.4 Å². The van der Waals surface area contributed by atoms with Gasteiger partial charge in [0.25, 0.3) is 0 Å². The van der Waals surface area contributed by atoms with Gasteiger partial charge in [-0.1, -0.05) is 34.1 Å². The molecule has 2 heterocycles. The molecule has 0 radical (unpaired) electrons. The minimum Gasteiger partial charge on any atom is -0.310 e. The fourth-order valence-electron chi connectivity index (χ4n) is 2.11. The number of benzene rings is 1. The molecule has 1 saturated heterocycles. The van der Waals surface area contributed by atoms with E-state index in [-0.39, 0.29) is 10.7 Å². The number of pyridine rings is 1. The first-order valence-corrected chi connectivity index (χ1v) is 6.47. The van der Waals surface area contributed by atoms with E-state index in [1.54, 1.807) is 11.1 Å². The van der Waals surface area contributed by atoms with Crippen molar-refractivity contribution in [3.63, 3.8) is 0 Å². The van der Waals surface area contributed by atoms with Gasteiger partial charge in [0, 0.05) is 11.9 Å². The molecular formula is C13H11BrN2O. The predicted octanol–water partition coefficient (Wildman–Crippen LogP) is 2.74. The number of alkyl halides is 1. The van der Waals surface area contributed by atoms with Crippen molar-refractivity contribution in [2.45, 2.75) is 11.2 Å². The van der Waals surface area contributed by atoms with Crippen LogP contribution >= 0.6 is 15.9 Å². The van der Waals surface area contributed by atoms with Gasteiger partial charge in [-0.25, -0.2) is 0 Å². The molecule has 0 aliphatic carbocycles. The Morgan fingerprint density at radius 3 is 2.94 bits per heavy atom. The van der Waals surface area contributed by atoms with Crippen LogP contribution < -0.4 is 4.90 Å². The number of hydrogen-bond donors (Lipinski definition) is 0. The molecule has 0 N–H and O–H groups in total. The first-order valence-electron chi connectivity index (χ1n) is 5.56. The summed E-state index contributed by atoms with van der Waals surface area (Å²) >= 11 is 3.38. The van der Waals surface area contributed by atoms with Crippen LogP contribution in [0.2, 0.25) is 0 Å². The molecule has 1 aromatic carbocycles. The summed E-state index contributed by atoms with van der Waals surface area (Å²) < 4.78 is 0. The molecule has 3 nitrogen and oxygen atoms in total. The summed E-state index contributed by atoms with van der Waals surface area (Å²) in [5.74, 6) is 0.127. The van der Waals surface area contributed by atoms with Gasteiger partial charge in [0.1, 0.15) is 0 Å². The SMILES string of the molecule is O=C1C(Br)CCN1c1cnc2ccccc2c1. The number of nitrogens with zero attached hydrogens (tertiary/aromatic N) is 2. The molecule has 1 amide bonds. The standard InChI is InChI=1S/C13H11BrN2O/c14-11-5-6-16(13(11)17)10-7-9-3-1-2-4-12(9)15-8-10/h1-4,7-8,11H,5-6H2. The summed E-state index contributed by atoms with van der Waals surface area (Å²) in [6.45, 7) is 0.759. The molecule has 86 valence electrons. The molecule has 4 heteroatoms. The number of rotatable bonds is 1. The van der Waals surface area contributed by atoms with E-state index in [0.717, 1.165) is 29.6 Å². The van der Waals surface area contributed by atoms with E-state index in [9.17, 15) is 4.79 Å².